The molecule has 0 aromatic heterocycles. The third-order valence-electron chi connectivity index (χ3n) is 13.1. The van der Waals surface area contributed by atoms with Crippen molar-refractivity contribution >= 4 is 23.8 Å². The zero-order valence-corrected chi connectivity index (χ0v) is 32.0. The highest BCUT2D eigenvalue weighted by atomic mass is 16.1. The second kappa shape index (κ2) is 16.1. The number of ketones is 1. The third kappa shape index (κ3) is 9.33. The standard InChI is InChI=1S/C24H34N2O.C21H29N3O/c1-3-20(13-19-7-5-4-6-8-19)22-14-23(22)25-21-15-24(16-21)9-11-26(12-10-24)17-18(2)27;1-2-16(8-15-6-4-3-5-7-15)18-9-19(18)23-17-10-21(11-17)13-24(14-21)12-20(22)25/h4-8,13,21-23,25H,3,9-12,14-17H2,1-2H3;3-8,17-19,23H,2,9-14H2,1H3,(H2,22,25)/b20-13+;16-8+/t22-,23+;18-,19+/m00/s1. The van der Waals surface area contributed by atoms with Crippen molar-refractivity contribution in [2.45, 2.75) is 109 Å². The largest absolute Gasteiger partial charge is 0.369 e. The second-order valence-electron chi connectivity index (χ2n) is 17.5. The Morgan fingerprint density at radius 3 is 1.60 bits per heavy atom. The van der Waals surface area contributed by atoms with Gasteiger partial charge < -0.3 is 16.4 Å². The minimum Gasteiger partial charge on any atom is -0.369 e. The molecular weight excluding hydrogens is 643 g/mol. The summed E-state index contributed by atoms with van der Waals surface area (Å²) in [7, 11) is 0. The summed E-state index contributed by atoms with van der Waals surface area (Å²) in [4.78, 5) is 26.8. The van der Waals surface area contributed by atoms with E-state index in [1.807, 2.05) is 0 Å². The zero-order valence-electron chi connectivity index (χ0n) is 32.0. The molecule has 52 heavy (non-hydrogen) atoms. The number of benzene rings is 2. The average molecular weight is 706 g/mol. The number of likely N-dealkylation sites (tertiary alicyclic amines) is 2. The predicted octanol–water partition coefficient (Wildman–Crippen LogP) is 6.70. The first kappa shape index (κ1) is 37.2. The fourth-order valence-corrected chi connectivity index (χ4v) is 10.3. The molecule has 4 N–H and O–H groups in total. The van der Waals surface area contributed by atoms with Crippen molar-refractivity contribution in [1.82, 2.24) is 20.4 Å². The number of carbonyl (C=O) groups is 2. The van der Waals surface area contributed by atoms with Crippen LogP contribution in [0.15, 0.2) is 71.8 Å². The Hall–Kier alpha value is -3.10. The smallest absolute Gasteiger partial charge is 0.231 e. The number of Topliss-reactive ketones (excluding diaryl/α,β-unsaturated/α-hetero) is 1. The summed E-state index contributed by atoms with van der Waals surface area (Å²) in [5, 5.41) is 7.82. The summed E-state index contributed by atoms with van der Waals surface area (Å²) in [5.41, 5.74) is 12.1. The Morgan fingerprint density at radius 1 is 0.712 bits per heavy atom. The summed E-state index contributed by atoms with van der Waals surface area (Å²) in [6.45, 7) is 11.7. The van der Waals surface area contributed by atoms with Crippen LogP contribution >= 0.6 is 0 Å². The minimum absolute atomic E-state index is 0.207. The van der Waals surface area contributed by atoms with Crippen LogP contribution in [0, 0.1) is 22.7 Å². The monoisotopic (exact) mass is 705 g/mol. The van der Waals surface area contributed by atoms with Crippen molar-refractivity contribution in [2.24, 2.45) is 28.4 Å². The van der Waals surface area contributed by atoms with E-state index >= 15 is 0 Å². The lowest BCUT2D eigenvalue weighted by Gasteiger charge is -2.59. The molecule has 0 unspecified atom stereocenters. The van der Waals surface area contributed by atoms with Crippen molar-refractivity contribution in [2.75, 3.05) is 39.3 Å². The van der Waals surface area contributed by atoms with E-state index in [0.29, 0.717) is 53.9 Å². The molecule has 2 saturated heterocycles. The lowest BCUT2D eigenvalue weighted by atomic mass is 9.60. The van der Waals surface area contributed by atoms with Gasteiger partial charge in [0.15, 0.2) is 0 Å². The molecule has 0 radical (unpaired) electrons. The fourth-order valence-electron chi connectivity index (χ4n) is 10.3. The Kier molecular flexibility index (Phi) is 11.5. The van der Waals surface area contributed by atoms with E-state index in [9.17, 15) is 9.59 Å². The Morgan fingerprint density at radius 2 is 1.17 bits per heavy atom. The predicted molar refractivity (Wildman–Crippen MR) is 212 cm³/mol. The first-order valence-electron chi connectivity index (χ1n) is 20.4. The van der Waals surface area contributed by atoms with Crippen molar-refractivity contribution in [1.29, 1.82) is 0 Å². The molecule has 6 fully saturated rings. The molecule has 1 amide bonds. The molecule has 6 aliphatic rings. The number of primary amides is 1. The van der Waals surface area contributed by atoms with Crippen molar-refractivity contribution in [3.63, 3.8) is 0 Å². The number of nitrogens with two attached hydrogens (primary N) is 1. The van der Waals surface area contributed by atoms with Crippen LogP contribution in [0.1, 0.15) is 96.1 Å². The highest BCUT2D eigenvalue weighted by Gasteiger charge is 2.54. The van der Waals surface area contributed by atoms with Gasteiger partial charge in [0.2, 0.25) is 5.91 Å². The van der Waals surface area contributed by atoms with Gasteiger partial charge in [-0.2, -0.15) is 0 Å². The van der Waals surface area contributed by atoms with E-state index in [1.165, 1.54) is 62.5 Å². The van der Waals surface area contributed by atoms with E-state index in [1.54, 1.807) is 18.1 Å². The van der Waals surface area contributed by atoms with E-state index in [0.717, 1.165) is 50.9 Å². The summed E-state index contributed by atoms with van der Waals surface area (Å²) >= 11 is 0. The van der Waals surface area contributed by atoms with E-state index < -0.39 is 0 Å². The highest BCUT2D eigenvalue weighted by Crippen LogP contribution is 2.52. The number of hydrogen-bond donors (Lipinski definition) is 3. The van der Waals surface area contributed by atoms with Gasteiger partial charge >= 0.3 is 0 Å². The molecule has 2 aromatic carbocycles. The van der Waals surface area contributed by atoms with Crippen LogP contribution in [-0.4, -0.2) is 84.9 Å². The Bertz CT molecular complexity index is 1570. The quantitative estimate of drug-likeness (QED) is 0.203. The van der Waals surface area contributed by atoms with Crippen molar-refractivity contribution in [3.8, 4) is 0 Å². The van der Waals surface area contributed by atoms with Crippen molar-refractivity contribution in [3.05, 3.63) is 82.9 Å². The summed E-state index contributed by atoms with van der Waals surface area (Å²) < 4.78 is 0. The van der Waals surface area contributed by atoms with Gasteiger partial charge in [-0.05, 0) is 118 Å². The van der Waals surface area contributed by atoms with Gasteiger partial charge in [-0.15, -0.1) is 0 Å². The highest BCUT2D eigenvalue weighted by molar-refractivity contribution is 5.77. The lowest BCUT2D eigenvalue weighted by molar-refractivity contribution is -0.127. The molecule has 2 aromatic rings. The molecule has 280 valence electrons. The molecule has 2 spiro atoms. The number of nitrogens with one attached hydrogen (secondary N) is 2. The third-order valence-corrected chi connectivity index (χ3v) is 13.1. The number of rotatable bonds is 14. The first-order valence-corrected chi connectivity index (χ1v) is 20.4. The molecule has 4 atom stereocenters. The van der Waals surface area contributed by atoms with Gasteiger partial charge in [-0.25, -0.2) is 0 Å². The van der Waals surface area contributed by atoms with E-state index in [4.69, 9.17) is 5.73 Å². The number of hydrogen-bond acceptors (Lipinski definition) is 6. The van der Waals surface area contributed by atoms with Crippen LogP contribution in [0.2, 0.25) is 0 Å². The molecule has 7 heteroatoms. The SMILES string of the molecule is CC/C(=C\c1ccccc1)[C@@H]1C[C@H]1NC1CC2(C1)CN(CC(N)=O)C2.CC/C(=C\c1ccccc1)[C@@H]1C[C@H]1NC1CC2(CCN(CC(C)=O)CC2)C1. The summed E-state index contributed by atoms with van der Waals surface area (Å²) in [5.74, 6) is 1.55. The van der Waals surface area contributed by atoms with Gasteiger partial charge in [0.1, 0.15) is 5.78 Å². The van der Waals surface area contributed by atoms with Crippen LogP contribution in [-0.2, 0) is 9.59 Å². The number of nitrogens with zero attached hydrogens (tertiary/aromatic N) is 2. The molecule has 2 heterocycles. The number of piperidine rings is 1. The van der Waals surface area contributed by atoms with Gasteiger partial charge in [0.25, 0.3) is 0 Å². The van der Waals surface area contributed by atoms with E-state index in [-0.39, 0.29) is 5.91 Å². The maximum atomic E-state index is 11.3. The zero-order chi connectivity index (χ0) is 36.3. The fraction of sp³-hybridized carbons (Fsp3) is 0.600. The first-order chi connectivity index (χ1) is 25.1. The molecule has 4 aliphatic carbocycles. The molecule has 8 rings (SSSR count). The second-order valence-corrected chi connectivity index (χ2v) is 17.5. The normalized spacial score (nSPS) is 29.3. The molecule has 4 saturated carbocycles. The van der Waals surface area contributed by atoms with Crippen LogP contribution in [0.25, 0.3) is 12.2 Å². The van der Waals surface area contributed by atoms with Crippen LogP contribution in [0.3, 0.4) is 0 Å². The number of carbonyl (C=O) groups excluding carboxylic acids is 2. The molecule has 0 bridgehead atoms. The average Bonchev–Trinajstić information content (AvgIpc) is 4.02. The van der Waals surface area contributed by atoms with Crippen molar-refractivity contribution < 1.29 is 9.59 Å². The topological polar surface area (TPSA) is 90.7 Å². The van der Waals surface area contributed by atoms with E-state index in [2.05, 4.69) is 107 Å². The van der Waals surface area contributed by atoms with Crippen LogP contribution < -0.4 is 16.4 Å². The summed E-state index contributed by atoms with van der Waals surface area (Å²) in [6, 6.07) is 24.1. The number of amides is 1. The molecule has 7 nitrogen and oxygen atoms in total. The molecule has 2 aliphatic heterocycles. The van der Waals surface area contributed by atoms with Crippen LogP contribution in [0.4, 0.5) is 0 Å². The summed E-state index contributed by atoms with van der Waals surface area (Å²) in [6.07, 6.45) is 17.4. The van der Waals surface area contributed by atoms with Crippen LogP contribution in [0.5, 0.6) is 0 Å². The maximum Gasteiger partial charge on any atom is 0.231 e. The minimum atomic E-state index is -0.207. The Labute approximate surface area is 312 Å². The van der Waals surface area contributed by atoms with Gasteiger partial charge in [-0.3, -0.25) is 19.4 Å². The van der Waals surface area contributed by atoms with Gasteiger partial charge in [0, 0.05) is 37.3 Å². The lowest BCUT2D eigenvalue weighted by Crippen LogP contribution is -2.67. The molecular formula is C45H63N5O2. The maximum absolute atomic E-state index is 11.3. The van der Waals surface area contributed by atoms with Gasteiger partial charge in [0.05, 0.1) is 13.1 Å². The Balaban J connectivity index is 0.000000162. The van der Waals surface area contributed by atoms with Gasteiger partial charge in [-0.1, -0.05) is 97.8 Å².